The van der Waals surface area contributed by atoms with Gasteiger partial charge in [-0.1, -0.05) is 13.8 Å². The van der Waals surface area contributed by atoms with Crippen molar-refractivity contribution in [3.63, 3.8) is 0 Å². The van der Waals surface area contributed by atoms with Crippen LogP contribution in [0.3, 0.4) is 0 Å². The molecule has 0 aromatic rings. The predicted octanol–water partition coefficient (Wildman–Crippen LogP) is 0.962. The van der Waals surface area contributed by atoms with E-state index < -0.39 is 0 Å². The summed E-state index contributed by atoms with van der Waals surface area (Å²) in [6, 6.07) is 0.786. The van der Waals surface area contributed by atoms with Crippen LogP contribution in [-0.2, 0) is 4.79 Å². The van der Waals surface area contributed by atoms with E-state index in [0.717, 1.165) is 32.1 Å². The number of nitrogens with zero attached hydrogens (tertiary/aromatic N) is 1. The second-order valence-electron chi connectivity index (χ2n) is 5.09. The summed E-state index contributed by atoms with van der Waals surface area (Å²) in [5, 5.41) is 2.99. The summed E-state index contributed by atoms with van der Waals surface area (Å²) in [5.41, 5.74) is 5.52. The van der Waals surface area contributed by atoms with Gasteiger partial charge in [-0.25, -0.2) is 0 Å². The molecule has 0 aromatic carbocycles. The fraction of sp³-hybridized carbons (Fsp3) is 0.923. The van der Waals surface area contributed by atoms with Crippen molar-refractivity contribution in [2.24, 2.45) is 11.7 Å². The zero-order chi connectivity index (χ0) is 12.7. The van der Waals surface area contributed by atoms with Crippen LogP contribution in [0.1, 0.15) is 39.5 Å². The number of rotatable bonds is 9. The lowest BCUT2D eigenvalue weighted by atomic mass is 10.1. The second kappa shape index (κ2) is 7.67. The molecule has 1 aliphatic carbocycles. The third kappa shape index (κ3) is 6.03. The van der Waals surface area contributed by atoms with Crippen molar-refractivity contribution in [2.45, 2.75) is 45.6 Å². The molecule has 1 amide bonds. The Hall–Kier alpha value is -0.610. The molecular formula is C13H27N3O. The van der Waals surface area contributed by atoms with Gasteiger partial charge in [-0.2, -0.15) is 0 Å². The van der Waals surface area contributed by atoms with Gasteiger partial charge in [0.25, 0.3) is 0 Å². The predicted molar refractivity (Wildman–Crippen MR) is 70.7 cm³/mol. The fourth-order valence-electron chi connectivity index (χ4n) is 1.96. The van der Waals surface area contributed by atoms with Crippen molar-refractivity contribution < 1.29 is 4.79 Å². The molecule has 0 saturated heterocycles. The van der Waals surface area contributed by atoms with Crippen molar-refractivity contribution in [1.82, 2.24) is 10.2 Å². The minimum atomic E-state index is 0.164. The van der Waals surface area contributed by atoms with Gasteiger partial charge in [0, 0.05) is 25.6 Å². The highest BCUT2D eigenvalue weighted by Crippen LogP contribution is 2.25. The van der Waals surface area contributed by atoms with Crippen LogP contribution in [0.4, 0.5) is 0 Å². The Kier molecular flexibility index (Phi) is 6.52. The van der Waals surface area contributed by atoms with E-state index in [9.17, 15) is 4.79 Å². The van der Waals surface area contributed by atoms with Crippen molar-refractivity contribution in [3.05, 3.63) is 0 Å². The van der Waals surface area contributed by atoms with Gasteiger partial charge in [-0.05, 0) is 38.3 Å². The van der Waals surface area contributed by atoms with Gasteiger partial charge < -0.3 is 11.1 Å². The van der Waals surface area contributed by atoms with Crippen LogP contribution in [-0.4, -0.2) is 43.0 Å². The second-order valence-corrected chi connectivity index (χ2v) is 5.09. The molecular weight excluding hydrogens is 214 g/mol. The molecule has 1 rings (SSSR count). The number of carbonyl (C=O) groups is 1. The first-order valence-corrected chi connectivity index (χ1v) is 6.88. The Morgan fingerprint density at radius 2 is 2.24 bits per heavy atom. The molecule has 1 atom stereocenters. The minimum Gasteiger partial charge on any atom is -0.355 e. The van der Waals surface area contributed by atoms with E-state index in [1.54, 1.807) is 0 Å². The van der Waals surface area contributed by atoms with E-state index in [2.05, 4.69) is 24.1 Å². The maximum Gasteiger partial charge on any atom is 0.220 e. The van der Waals surface area contributed by atoms with Crippen LogP contribution in [0, 0.1) is 5.92 Å². The molecule has 100 valence electrons. The highest BCUT2D eigenvalue weighted by molar-refractivity contribution is 5.75. The zero-order valence-corrected chi connectivity index (χ0v) is 11.2. The third-order valence-corrected chi connectivity index (χ3v) is 3.46. The molecule has 0 aliphatic heterocycles. The molecule has 1 unspecified atom stereocenters. The smallest absolute Gasteiger partial charge is 0.220 e. The first kappa shape index (κ1) is 14.5. The Balaban J connectivity index is 2.02. The highest BCUT2D eigenvalue weighted by atomic mass is 16.1. The van der Waals surface area contributed by atoms with Gasteiger partial charge in [0.05, 0.1) is 0 Å². The summed E-state index contributed by atoms with van der Waals surface area (Å²) in [6.07, 6.45) is 4.15. The van der Waals surface area contributed by atoms with Gasteiger partial charge in [-0.3, -0.25) is 9.69 Å². The van der Waals surface area contributed by atoms with Crippen LogP contribution >= 0.6 is 0 Å². The van der Waals surface area contributed by atoms with Gasteiger partial charge in [0.1, 0.15) is 0 Å². The molecule has 1 aliphatic rings. The van der Waals surface area contributed by atoms with Gasteiger partial charge in [0.2, 0.25) is 5.91 Å². The van der Waals surface area contributed by atoms with Crippen molar-refractivity contribution in [2.75, 3.05) is 26.2 Å². The summed E-state index contributed by atoms with van der Waals surface area (Å²) >= 11 is 0. The van der Waals surface area contributed by atoms with Crippen molar-refractivity contribution in [1.29, 1.82) is 0 Å². The number of amides is 1. The van der Waals surface area contributed by atoms with E-state index in [4.69, 9.17) is 5.73 Å². The molecule has 0 heterocycles. The van der Waals surface area contributed by atoms with Crippen molar-refractivity contribution >= 4 is 5.91 Å². The molecule has 0 spiro atoms. The van der Waals surface area contributed by atoms with E-state index >= 15 is 0 Å². The van der Waals surface area contributed by atoms with E-state index in [0.29, 0.717) is 18.9 Å². The first-order chi connectivity index (χ1) is 8.17. The molecule has 1 fully saturated rings. The minimum absolute atomic E-state index is 0.164. The molecule has 3 N–H and O–H groups in total. The molecule has 4 heteroatoms. The molecule has 0 bridgehead atoms. The Labute approximate surface area is 105 Å². The molecule has 0 radical (unpaired) electrons. The van der Waals surface area contributed by atoms with Gasteiger partial charge >= 0.3 is 0 Å². The Morgan fingerprint density at radius 3 is 2.76 bits per heavy atom. The molecule has 17 heavy (non-hydrogen) atoms. The number of hydrogen-bond donors (Lipinski definition) is 2. The average Bonchev–Trinajstić information content (AvgIpc) is 3.15. The summed E-state index contributed by atoms with van der Waals surface area (Å²) in [4.78, 5) is 14.0. The highest BCUT2D eigenvalue weighted by Gasteiger charge is 2.27. The molecule has 1 saturated carbocycles. The Bertz CT molecular complexity index is 229. The number of nitrogens with two attached hydrogens (primary N) is 1. The lowest BCUT2D eigenvalue weighted by Crippen LogP contribution is -2.36. The maximum atomic E-state index is 11.5. The number of carbonyl (C=O) groups excluding carboxylic acids is 1. The monoisotopic (exact) mass is 241 g/mol. The number of likely N-dealkylation sites (N-methyl/N-ethyl adjacent to an activating group) is 1. The normalized spacial score (nSPS) is 17.2. The lowest BCUT2D eigenvalue weighted by Gasteiger charge is -2.19. The van der Waals surface area contributed by atoms with Crippen molar-refractivity contribution in [3.8, 4) is 0 Å². The summed E-state index contributed by atoms with van der Waals surface area (Å²) in [6.45, 7) is 7.78. The lowest BCUT2D eigenvalue weighted by molar-refractivity contribution is -0.121. The molecule has 0 aromatic heterocycles. The maximum absolute atomic E-state index is 11.5. The summed E-state index contributed by atoms with van der Waals surface area (Å²) < 4.78 is 0. The van der Waals surface area contributed by atoms with Crippen LogP contribution in [0.2, 0.25) is 0 Å². The third-order valence-electron chi connectivity index (χ3n) is 3.46. The van der Waals surface area contributed by atoms with Gasteiger partial charge in [0.15, 0.2) is 0 Å². The standard InChI is InChI=1S/C13H27N3O/c1-3-16(12-5-6-12)9-8-15-13(17)7-4-11(2)10-14/h11-12H,3-10,14H2,1-2H3,(H,15,17). The SMILES string of the molecule is CCN(CCNC(=O)CCC(C)CN)C1CC1. The van der Waals surface area contributed by atoms with Crippen LogP contribution in [0.5, 0.6) is 0 Å². The summed E-state index contributed by atoms with van der Waals surface area (Å²) in [5.74, 6) is 0.608. The van der Waals surface area contributed by atoms with Crippen LogP contribution in [0.25, 0.3) is 0 Å². The first-order valence-electron chi connectivity index (χ1n) is 6.88. The largest absolute Gasteiger partial charge is 0.355 e. The quantitative estimate of drug-likeness (QED) is 0.632. The number of nitrogens with one attached hydrogen (secondary N) is 1. The van der Waals surface area contributed by atoms with Crippen LogP contribution in [0.15, 0.2) is 0 Å². The van der Waals surface area contributed by atoms with E-state index in [1.807, 2.05) is 0 Å². The number of hydrogen-bond acceptors (Lipinski definition) is 3. The van der Waals surface area contributed by atoms with E-state index in [1.165, 1.54) is 12.8 Å². The molecule has 4 nitrogen and oxygen atoms in total. The Morgan fingerprint density at radius 1 is 1.53 bits per heavy atom. The zero-order valence-electron chi connectivity index (χ0n) is 11.2. The van der Waals surface area contributed by atoms with Gasteiger partial charge in [-0.15, -0.1) is 0 Å². The fourth-order valence-corrected chi connectivity index (χ4v) is 1.96. The average molecular weight is 241 g/mol. The van der Waals surface area contributed by atoms with E-state index in [-0.39, 0.29) is 5.91 Å². The van der Waals surface area contributed by atoms with Crippen LogP contribution < -0.4 is 11.1 Å². The summed E-state index contributed by atoms with van der Waals surface area (Å²) in [7, 11) is 0. The topological polar surface area (TPSA) is 58.4 Å².